The van der Waals surface area contributed by atoms with Gasteiger partial charge >= 0.3 is 0 Å². The lowest BCUT2D eigenvalue weighted by Gasteiger charge is -2.30. The predicted octanol–water partition coefficient (Wildman–Crippen LogP) is 2.51. The van der Waals surface area contributed by atoms with E-state index in [1.807, 2.05) is 24.3 Å². The Labute approximate surface area is 129 Å². The summed E-state index contributed by atoms with van der Waals surface area (Å²) in [7, 11) is 0. The molecule has 22 heavy (non-hydrogen) atoms. The smallest absolute Gasteiger partial charge is 0.244 e. The van der Waals surface area contributed by atoms with E-state index in [0.29, 0.717) is 11.5 Å². The number of amides is 1. The quantitative estimate of drug-likeness (QED) is 0.851. The number of carbonyl (C=O) groups excluding carboxylic acids is 1. The van der Waals surface area contributed by atoms with Crippen molar-refractivity contribution in [1.82, 2.24) is 10.3 Å². The topological polar surface area (TPSA) is 75.4 Å². The zero-order valence-electron chi connectivity index (χ0n) is 12.4. The van der Waals surface area contributed by atoms with E-state index in [4.69, 9.17) is 4.42 Å². The summed E-state index contributed by atoms with van der Waals surface area (Å²) in [5.41, 5.74) is 1.48. The molecule has 1 aliphatic carbocycles. The Balaban J connectivity index is 1.63. The number of nitrogens with zero attached hydrogens (tertiary/aromatic N) is 1. The number of aliphatic hydroxyl groups is 1. The molecule has 0 saturated heterocycles. The van der Waals surface area contributed by atoms with Gasteiger partial charge in [-0.3, -0.25) is 4.79 Å². The molecule has 5 heteroatoms. The number of nitrogens with one attached hydrogen (secondary N) is 1. The van der Waals surface area contributed by atoms with Crippen molar-refractivity contribution in [2.75, 3.05) is 6.61 Å². The second-order valence-electron chi connectivity index (χ2n) is 5.70. The van der Waals surface area contributed by atoms with Gasteiger partial charge in [-0.05, 0) is 25.0 Å². The Kier molecular flexibility index (Phi) is 4.53. The minimum absolute atomic E-state index is 0.0551. The van der Waals surface area contributed by atoms with Crippen LogP contribution in [-0.4, -0.2) is 28.6 Å². The van der Waals surface area contributed by atoms with E-state index in [9.17, 15) is 9.90 Å². The predicted molar refractivity (Wildman–Crippen MR) is 84.0 cm³/mol. The standard InChI is InChI=1S/C17H20N2O3/c20-11-12-5-1-2-6-13(12)18-16(21)9-10-17-19-14-7-3-4-8-15(14)22-17/h3-4,7-10,12-13,20H,1-2,5-6,11H2,(H,18,21)/b10-9+. The van der Waals surface area contributed by atoms with Crippen LogP contribution >= 0.6 is 0 Å². The van der Waals surface area contributed by atoms with Crippen LogP contribution < -0.4 is 5.32 Å². The number of rotatable bonds is 4. The molecule has 1 amide bonds. The van der Waals surface area contributed by atoms with Gasteiger partial charge in [-0.25, -0.2) is 4.98 Å². The zero-order chi connectivity index (χ0) is 15.4. The maximum absolute atomic E-state index is 12.0. The highest BCUT2D eigenvalue weighted by atomic mass is 16.3. The molecule has 0 aliphatic heterocycles. The van der Waals surface area contributed by atoms with Gasteiger partial charge in [0.05, 0.1) is 0 Å². The molecule has 0 bridgehead atoms. The van der Waals surface area contributed by atoms with Crippen molar-refractivity contribution in [3.8, 4) is 0 Å². The summed E-state index contributed by atoms with van der Waals surface area (Å²) < 4.78 is 5.53. The first-order chi connectivity index (χ1) is 10.8. The number of fused-ring (bicyclic) bond motifs is 1. The molecular formula is C17H20N2O3. The van der Waals surface area contributed by atoms with Crippen LogP contribution in [0.3, 0.4) is 0 Å². The average Bonchev–Trinajstić information content (AvgIpc) is 2.96. The normalized spacial score (nSPS) is 22.2. The molecule has 0 spiro atoms. The van der Waals surface area contributed by atoms with Gasteiger partial charge in [-0.2, -0.15) is 0 Å². The Morgan fingerprint density at radius 3 is 3.00 bits per heavy atom. The maximum atomic E-state index is 12.0. The number of hydrogen-bond donors (Lipinski definition) is 2. The highest BCUT2D eigenvalue weighted by Crippen LogP contribution is 2.24. The monoisotopic (exact) mass is 300 g/mol. The van der Waals surface area contributed by atoms with Crippen LogP contribution in [0, 0.1) is 5.92 Å². The van der Waals surface area contributed by atoms with Gasteiger partial charge in [0.2, 0.25) is 11.8 Å². The molecule has 2 aromatic rings. The van der Waals surface area contributed by atoms with Crippen molar-refractivity contribution in [2.45, 2.75) is 31.7 Å². The third kappa shape index (κ3) is 3.36. The fourth-order valence-corrected chi connectivity index (χ4v) is 2.96. The van der Waals surface area contributed by atoms with Crippen molar-refractivity contribution >= 4 is 23.1 Å². The molecule has 1 saturated carbocycles. The van der Waals surface area contributed by atoms with Gasteiger partial charge in [0.25, 0.3) is 0 Å². The molecule has 5 nitrogen and oxygen atoms in total. The number of aromatic nitrogens is 1. The largest absolute Gasteiger partial charge is 0.437 e. The van der Waals surface area contributed by atoms with Gasteiger partial charge in [0.15, 0.2) is 5.58 Å². The van der Waals surface area contributed by atoms with Crippen LogP contribution in [0.2, 0.25) is 0 Å². The molecule has 1 aliphatic rings. The average molecular weight is 300 g/mol. The highest BCUT2D eigenvalue weighted by molar-refractivity contribution is 5.91. The van der Waals surface area contributed by atoms with E-state index in [-0.39, 0.29) is 24.5 Å². The lowest BCUT2D eigenvalue weighted by Crippen LogP contribution is -2.42. The van der Waals surface area contributed by atoms with Crippen molar-refractivity contribution in [3.63, 3.8) is 0 Å². The SMILES string of the molecule is O=C(/C=C/c1nc2ccccc2o1)NC1CCCCC1CO. The first-order valence-corrected chi connectivity index (χ1v) is 7.71. The van der Waals surface area contributed by atoms with Gasteiger partial charge in [-0.1, -0.05) is 25.0 Å². The molecule has 116 valence electrons. The summed E-state index contributed by atoms with van der Waals surface area (Å²) in [6, 6.07) is 7.53. The number of benzene rings is 1. The molecule has 2 atom stereocenters. The summed E-state index contributed by atoms with van der Waals surface area (Å²) in [5, 5.41) is 12.3. The Morgan fingerprint density at radius 2 is 2.18 bits per heavy atom. The van der Waals surface area contributed by atoms with Crippen molar-refractivity contribution in [1.29, 1.82) is 0 Å². The maximum Gasteiger partial charge on any atom is 0.244 e. The number of para-hydroxylation sites is 2. The van der Waals surface area contributed by atoms with E-state index in [2.05, 4.69) is 10.3 Å². The number of carbonyl (C=O) groups is 1. The van der Waals surface area contributed by atoms with Crippen LogP contribution in [0.4, 0.5) is 0 Å². The third-order valence-electron chi connectivity index (χ3n) is 4.16. The van der Waals surface area contributed by atoms with E-state index in [0.717, 1.165) is 31.2 Å². The lowest BCUT2D eigenvalue weighted by molar-refractivity contribution is -0.117. The first-order valence-electron chi connectivity index (χ1n) is 7.71. The highest BCUT2D eigenvalue weighted by Gasteiger charge is 2.25. The third-order valence-corrected chi connectivity index (χ3v) is 4.16. The summed E-state index contributed by atoms with van der Waals surface area (Å²) >= 11 is 0. The number of hydrogen-bond acceptors (Lipinski definition) is 4. The minimum Gasteiger partial charge on any atom is -0.437 e. The number of oxazole rings is 1. The van der Waals surface area contributed by atoms with Crippen molar-refractivity contribution in [2.24, 2.45) is 5.92 Å². The fourth-order valence-electron chi connectivity index (χ4n) is 2.96. The second kappa shape index (κ2) is 6.75. The number of aliphatic hydroxyl groups excluding tert-OH is 1. The molecule has 0 radical (unpaired) electrons. The molecule has 2 N–H and O–H groups in total. The van der Waals surface area contributed by atoms with Gasteiger partial charge < -0.3 is 14.8 Å². The minimum atomic E-state index is -0.174. The van der Waals surface area contributed by atoms with Crippen LogP contribution in [-0.2, 0) is 4.79 Å². The van der Waals surface area contributed by atoms with Gasteiger partial charge in [0, 0.05) is 30.7 Å². The van der Waals surface area contributed by atoms with E-state index in [1.165, 1.54) is 6.08 Å². The first kappa shape index (κ1) is 14.8. The molecule has 1 aromatic carbocycles. The molecule has 2 unspecified atom stereocenters. The van der Waals surface area contributed by atoms with Crippen molar-refractivity contribution in [3.05, 3.63) is 36.2 Å². The zero-order valence-corrected chi connectivity index (χ0v) is 12.4. The summed E-state index contributed by atoms with van der Waals surface area (Å²) in [6.07, 6.45) is 7.12. The Hall–Kier alpha value is -2.14. The van der Waals surface area contributed by atoms with Gasteiger partial charge in [0.1, 0.15) is 5.52 Å². The van der Waals surface area contributed by atoms with E-state index < -0.39 is 0 Å². The molecule has 1 heterocycles. The van der Waals surface area contributed by atoms with E-state index >= 15 is 0 Å². The van der Waals surface area contributed by atoms with Crippen LogP contribution in [0.1, 0.15) is 31.6 Å². The van der Waals surface area contributed by atoms with Crippen LogP contribution in [0.15, 0.2) is 34.8 Å². The van der Waals surface area contributed by atoms with E-state index in [1.54, 1.807) is 6.08 Å². The fraction of sp³-hybridized carbons (Fsp3) is 0.412. The molecule has 1 fully saturated rings. The summed E-state index contributed by atoms with van der Waals surface area (Å²) in [6.45, 7) is 0.125. The molecule has 1 aromatic heterocycles. The van der Waals surface area contributed by atoms with Gasteiger partial charge in [-0.15, -0.1) is 0 Å². The second-order valence-corrected chi connectivity index (χ2v) is 5.70. The molecular weight excluding hydrogens is 280 g/mol. The Bertz CT molecular complexity index is 644. The van der Waals surface area contributed by atoms with Crippen LogP contribution in [0.25, 0.3) is 17.2 Å². The summed E-state index contributed by atoms with van der Waals surface area (Å²) in [5.74, 6) is 0.404. The van der Waals surface area contributed by atoms with Crippen molar-refractivity contribution < 1.29 is 14.3 Å². The Morgan fingerprint density at radius 1 is 1.36 bits per heavy atom. The lowest BCUT2D eigenvalue weighted by atomic mass is 9.85. The van der Waals surface area contributed by atoms with Crippen LogP contribution in [0.5, 0.6) is 0 Å². The molecule has 3 rings (SSSR count). The summed E-state index contributed by atoms with van der Waals surface area (Å²) in [4.78, 5) is 16.3.